The van der Waals surface area contributed by atoms with Gasteiger partial charge in [0.05, 0.1) is 18.1 Å². The van der Waals surface area contributed by atoms with Crippen LogP contribution in [0.15, 0.2) is 22.6 Å². The maximum atomic E-state index is 10.9. The molecule has 3 fully saturated rings. The van der Waals surface area contributed by atoms with Crippen molar-refractivity contribution in [2.24, 2.45) is 11.7 Å². The number of nitrogens with two attached hydrogens (primary N) is 1. The van der Waals surface area contributed by atoms with Crippen LogP contribution in [0.2, 0.25) is 0 Å². The van der Waals surface area contributed by atoms with Crippen LogP contribution in [-0.2, 0) is 0 Å². The quantitative estimate of drug-likeness (QED) is 0.674. The maximum absolute atomic E-state index is 10.9. The van der Waals surface area contributed by atoms with Crippen LogP contribution in [0.1, 0.15) is 29.8 Å². The number of nitrogens with zero attached hydrogens (tertiary/aromatic N) is 2. The summed E-state index contributed by atoms with van der Waals surface area (Å²) in [6.07, 6.45) is 4.46. The van der Waals surface area contributed by atoms with Crippen molar-refractivity contribution >= 4 is 22.6 Å². The van der Waals surface area contributed by atoms with E-state index in [4.69, 9.17) is 14.9 Å². The van der Waals surface area contributed by atoms with Crippen LogP contribution in [0.4, 0.5) is 5.69 Å². The first-order valence-electron chi connectivity index (χ1n) is 8.26. The number of fused-ring (bicyclic) bond motifs is 4. The lowest BCUT2D eigenvalue weighted by Crippen LogP contribution is -2.41. The van der Waals surface area contributed by atoms with Gasteiger partial charge in [-0.3, -0.25) is 14.9 Å². The molecule has 8 nitrogen and oxygen atoms in total. The lowest BCUT2D eigenvalue weighted by atomic mass is 9.89. The number of non-ortho nitro benzene ring substituents is 1. The molecule has 1 aromatic heterocycles. The predicted molar refractivity (Wildman–Crippen MR) is 91.7 cm³/mol. The number of primary amides is 1. The summed E-state index contributed by atoms with van der Waals surface area (Å²) in [6, 6.07) is 3.84. The Kier molecular flexibility index (Phi) is 4.89. The van der Waals surface area contributed by atoms with Crippen molar-refractivity contribution in [3.8, 4) is 5.75 Å². The van der Waals surface area contributed by atoms with Crippen LogP contribution >= 0.6 is 0 Å². The van der Waals surface area contributed by atoms with Crippen molar-refractivity contribution in [3.05, 3.63) is 34.1 Å². The minimum Gasteiger partial charge on any atom is -0.493 e. The fourth-order valence-electron chi connectivity index (χ4n) is 3.35. The highest BCUT2D eigenvalue weighted by Gasteiger charge is 2.24. The second-order valence-electron chi connectivity index (χ2n) is 6.37. The van der Waals surface area contributed by atoms with Crippen LogP contribution < -0.4 is 10.5 Å². The molecule has 25 heavy (non-hydrogen) atoms. The van der Waals surface area contributed by atoms with E-state index in [2.05, 4.69) is 4.90 Å². The zero-order valence-corrected chi connectivity index (χ0v) is 14.1. The van der Waals surface area contributed by atoms with Gasteiger partial charge in [0.2, 0.25) is 0 Å². The van der Waals surface area contributed by atoms with Gasteiger partial charge in [0.25, 0.3) is 11.6 Å². The van der Waals surface area contributed by atoms with Crippen molar-refractivity contribution in [3.63, 3.8) is 0 Å². The zero-order chi connectivity index (χ0) is 18.0. The van der Waals surface area contributed by atoms with Crippen LogP contribution in [-0.4, -0.2) is 42.5 Å². The van der Waals surface area contributed by atoms with Gasteiger partial charge in [-0.2, -0.15) is 0 Å². The number of hydrogen-bond donors (Lipinski definition) is 1. The molecule has 3 saturated heterocycles. The monoisotopic (exact) mass is 347 g/mol. The number of furan rings is 1. The van der Waals surface area contributed by atoms with E-state index in [1.165, 1.54) is 64.2 Å². The number of amides is 1. The van der Waals surface area contributed by atoms with E-state index in [0.29, 0.717) is 5.39 Å². The van der Waals surface area contributed by atoms with Crippen molar-refractivity contribution < 1.29 is 18.9 Å². The molecule has 3 aliphatic heterocycles. The van der Waals surface area contributed by atoms with Gasteiger partial charge in [0, 0.05) is 11.5 Å². The molecule has 2 bridgehead atoms. The SMILES string of the molecule is C1CN2CCC1CC2.COc1cc([N+](=O)[O-])cc2cc(C(N)=O)oc12. The highest BCUT2D eigenvalue weighted by molar-refractivity contribution is 5.97. The molecule has 1 aromatic carbocycles. The van der Waals surface area contributed by atoms with Gasteiger partial charge in [0.1, 0.15) is 0 Å². The predicted octanol–water partition coefficient (Wildman–Crippen LogP) is 2.55. The fourth-order valence-corrected chi connectivity index (χ4v) is 3.35. The Balaban J connectivity index is 0.000000188. The number of hydrogen-bond acceptors (Lipinski definition) is 6. The highest BCUT2D eigenvalue weighted by Crippen LogP contribution is 2.33. The Hall–Kier alpha value is -2.61. The highest BCUT2D eigenvalue weighted by atomic mass is 16.6. The minimum absolute atomic E-state index is 0.0706. The summed E-state index contributed by atoms with van der Waals surface area (Å²) in [5.41, 5.74) is 5.17. The van der Waals surface area contributed by atoms with E-state index in [0.717, 1.165) is 5.92 Å². The number of ether oxygens (including phenoxy) is 1. The third kappa shape index (κ3) is 3.74. The van der Waals surface area contributed by atoms with Crippen molar-refractivity contribution in [2.75, 3.05) is 26.7 Å². The van der Waals surface area contributed by atoms with Crippen molar-refractivity contribution in [2.45, 2.75) is 19.3 Å². The molecule has 2 aromatic rings. The van der Waals surface area contributed by atoms with E-state index in [9.17, 15) is 14.9 Å². The molecule has 0 spiro atoms. The third-order valence-electron chi connectivity index (χ3n) is 4.80. The number of nitro groups is 1. The second-order valence-corrected chi connectivity index (χ2v) is 6.37. The number of methoxy groups -OCH3 is 1. The number of rotatable bonds is 3. The van der Waals surface area contributed by atoms with Crippen LogP contribution in [0.25, 0.3) is 11.0 Å². The van der Waals surface area contributed by atoms with Crippen LogP contribution in [0, 0.1) is 16.0 Å². The maximum Gasteiger partial charge on any atom is 0.284 e. The summed E-state index contributed by atoms with van der Waals surface area (Å²) in [5, 5.41) is 11.1. The second kappa shape index (κ2) is 7.10. The molecule has 2 N–H and O–H groups in total. The molecule has 4 heterocycles. The lowest BCUT2D eigenvalue weighted by Gasteiger charge is -2.38. The molecular weight excluding hydrogens is 326 g/mol. The van der Waals surface area contributed by atoms with Gasteiger partial charge >= 0.3 is 0 Å². The van der Waals surface area contributed by atoms with Gasteiger partial charge in [-0.1, -0.05) is 0 Å². The topological polar surface area (TPSA) is 112 Å². The Morgan fingerprint density at radius 2 is 1.92 bits per heavy atom. The number of piperidine rings is 3. The molecule has 5 rings (SSSR count). The normalized spacial score (nSPS) is 21.5. The average Bonchev–Trinajstić information content (AvgIpc) is 3.07. The first kappa shape index (κ1) is 17.2. The van der Waals surface area contributed by atoms with E-state index < -0.39 is 10.8 Å². The molecule has 0 atom stereocenters. The molecule has 0 radical (unpaired) electrons. The summed E-state index contributed by atoms with van der Waals surface area (Å²) in [7, 11) is 1.35. The number of carbonyl (C=O) groups excluding carboxylic acids is 1. The molecule has 0 saturated carbocycles. The molecule has 0 aliphatic carbocycles. The largest absolute Gasteiger partial charge is 0.493 e. The first-order valence-corrected chi connectivity index (χ1v) is 8.26. The Bertz CT molecular complexity index is 770. The van der Waals surface area contributed by atoms with Gasteiger partial charge in [-0.25, -0.2) is 0 Å². The average molecular weight is 347 g/mol. The molecule has 8 heteroatoms. The van der Waals surface area contributed by atoms with E-state index in [1.807, 2.05) is 0 Å². The fraction of sp³-hybridized carbons (Fsp3) is 0.471. The first-order chi connectivity index (χ1) is 12.0. The summed E-state index contributed by atoms with van der Waals surface area (Å²) < 4.78 is 10.1. The van der Waals surface area contributed by atoms with Crippen molar-refractivity contribution in [1.29, 1.82) is 0 Å². The Morgan fingerprint density at radius 1 is 1.28 bits per heavy atom. The summed E-state index contributed by atoms with van der Waals surface area (Å²) in [6.45, 7) is 4.18. The van der Waals surface area contributed by atoms with Crippen LogP contribution in [0.3, 0.4) is 0 Å². The Morgan fingerprint density at radius 3 is 2.32 bits per heavy atom. The molecule has 0 unspecified atom stereocenters. The molecule has 1 amide bonds. The summed E-state index contributed by atoms with van der Waals surface area (Å²) in [5.74, 6) is 0.478. The van der Waals surface area contributed by atoms with Gasteiger partial charge in [0.15, 0.2) is 17.1 Å². The molecule has 134 valence electrons. The minimum atomic E-state index is -0.745. The van der Waals surface area contributed by atoms with E-state index >= 15 is 0 Å². The number of carbonyl (C=O) groups is 1. The standard InChI is InChI=1S/C10H8N2O5.C7H13N/c1-16-7-4-6(12(14)15)2-5-3-8(10(11)13)17-9(5)7;1-4-8-5-2-7(1)3-6-8/h2-4H,1H3,(H2,11,13);7H,1-6H2. The summed E-state index contributed by atoms with van der Waals surface area (Å²) in [4.78, 5) is 23.7. The number of nitro benzene ring substituents is 1. The van der Waals surface area contributed by atoms with Gasteiger partial charge in [-0.15, -0.1) is 0 Å². The number of benzene rings is 1. The van der Waals surface area contributed by atoms with E-state index in [-0.39, 0.29) is 22.8 Å². The molecular formula is C17H21N3O5. The Labute approximate surface area is 144 Å². The van der Waals surface area contributed by atoms with Crippen LogP contribution in [0.5, 0.6) is 5.75 Å². The molecule has 3 aliphatic rings. The van der Waals surface area contributed by atoms with Gasteiger partial charge in [-0.05, 0) is 50.9 Å². The van der Waals surface area contributed by atoms with E-state index in [1.54, 1.807) is 0 Å². The lowest BCUT2D eigenvalue weighted by molar-refractivity contribution is -0.384. The zero-order valence-electron chi connectivity index (χ0n) is 14.1. The van der Waals surface area contributed by atoms with Crippen molar-refractivity contribution in [1.82, 2.24) is 4.90 Å². The third-order valence-corrected chi connectivity index (χ3v) is 4.80. The van der Waals surface area contributed by atoms with Gasteiger partial charge < -0.3 is 19.8 Å². The smallest absolute Gasteiger partial charge is 0.284 e. The summed E-state index contributed by atoms with van der Waals surface area (Å²) >= 11 is 0.